The van der Waals surface area contributed by atoms with Crippen molar-refractivity contribution in [1.82, 2.24) is 0 Å². The van der Waals surface area contributed by atoms with E-state index in [1.807, 2.05) is 74.5 Å². The molecule has 1 heterocycles. The maximum Gasteiger partial charge on any atom is 0.168 e. The summed E-state index contributed by atoms with van der Waals surface area (Å²) in [6.07, 6.45) is 7.19. The van der Waals surface area contributed by atoms with E-state index in [1.54, 1.807) is 12.2 Å². The van der Waals surface area contributed by atoms with Crippen LogP contribution < -0.4 is 0 Å². The minimum Gasteiger partial charge on any atom is -0.294 e. The van der Waals surface area contributed by atoms with Gasteiger partial charge in [0.05, 0.1) is 21.6 Å². The van der Waals surface area contributed by atoms with Crippen molar-refractivity contribution in [1.29, 1.82) is 0 Å². The summed E-state index contributed by atoms with van der Waals surface area (Å²) >= 11 is 1.47. The SMILES string of the molecule is C/C=C/C(=O)C(C)SC1=CC=C=C(c2ccccc2)C(c2ccccc2)=N1. The fourth-order valence-electron chi connectivity index (χ4n) is 2.70. The molecular weight excluding hydrogens is 350 g/mol. The third kappa shape index (κ3) is 4.85. The van der Waals surface area contributed by atoms with E-state index in [0.717, 1.165) is 27.4 Å². The second-order valence-electron chi connectivity index (χ2n) is 6.05. The Bertz CT molecular complexity index is 962. The average molecular weight is 372 g/mol. The third-order valence-corrected chi connectivity index (χ3v) is 5.11. The van der Waals surface area contributed by atoms with Gasteiger partial charge in [-0.2, -0.15) is 0 Å². The first kappa shape index (κ1) is 18.9. The van der Waals surface area contributed by atoms with E-state index < -0.39 is 0 Å². The van der Waals surface area contributed by atoms with Crippen molar-refractivity contribution in [2.45, 2.75) is 19.1 Å². The van der Waals surface area contributed by atoms with Gasteiger partial charge in [0.25, 0.3) is 0 Å². The van der Waals surface area contributed by atoms with Crippen LogP contribution in [0.1, 0.15) is 25.0 Å². The number of ketones is 1. The molecule has 0 spiro atoms. The number of carbonyl (C=O) groups excluding carboxylic acids is 1. The van der Waals surface area contributed by atoms with Gasteiger partial charge < -0.3 is 0 Å². The predicted molar refractivity (Wildman–Crippen MR) is 116 cm³/mol. The molecular formula is C24H21NOS. The van der Waals surface area contributed by atoms with Crippen molar-refractivity contribution in [2.24, 2.45) is 4.99 Å². The van der Waals surface area contributed by atoms with Gasteiger partial charge in [-0.25, -0.2) is 4.99 Å². The maximum absolute atomic E-state index is 12.1. The Kier molecular flexibility index (Phi) is 6.43. The highest BCUT2D eigenvalue weighted by molar-refractivity contribution is 8.04. The maximum atomic E-state index is 12.1. The van der Waals surface area contributed by atoms with E-state index >= 15 is 0 Å². The van der Waals surface area contributed by atoms with Gasteiger partial charge in [0, 0.05) is 5.56 Å². The van der Waals surface area contributed by atoms with Gasteiger partial charge in [0.2, 0.25) is 0 Å². The lowest BCUT2D eigenvalue weighted by Gasteiger charge is -2.12. The van der Waals surface area contributed by atoms with Gasteiger partial charge in [0.15, 0.2) is 5.78 Å². The van der Waals surface area contributed by atoms with Gasteiger partial charge >= 0.3 is 0 Å². The molecule has 2 aromatic carbocycles. The van der Waals surface area contributed by atoms with Crippen molar-refractivity contribution >= 4 is 28.8 Å². The van der Waals surface area contributed by atoms with E-state index in [1.165, 1.54) is 11.8 Å². The first-order valence-corrected chi connectivity index (χ1v) is 9.77. The molecule has 0 bridgehead atoms. The van der Waals surface area contributed by atoms with Crippen molar-refractivity contribution in [3.8, 4) is 0 Å². The molecule has 0 aliphatic carbocycles. The zero-order valence-corrected chi connectivity index (χ0v) is 16.2. The van der Waals surface area contributed by atoms with Crippen molar-refractivity contribution < 1.29 is 4.79 Å². The second kappa shape index (κ2) is 9.18. The van der Waals surface area contributed by atoms with Crippen LogP contribution in [0.5, 0.6) is 0 Å². The van der Waals surface area contributed by atoms with Crippen LogP contribution in [0.3, 0.4) is 0 Å². The summed E-state index contributed by atoms with van der Waals surface area (Å²) in [5.41, 5.74) is 7.27. The lowest BCUT2D eigenvalue weighted by Crippen LogP contribution is -2.10. The fraction of sp³-hybridized carbons (Fsp3) is 0.125. The molecule has 0 saturated carbocycles. The molecule has 0 amide bonds. The van der Waals surface area contributed by atoms with Crippen LogP contribution in [0.2, 0.25) is 0 Å². The standard InChI is InChI=1S/C24H21NOS/c1-3-11-22(26)18(2)27-23-17-10-16-21(19-12-6-4-7-13-19)24(25-23)20-14-8-5-9-15-20/h3-15,17-18H,1-2H3/b11-3+. The van der Waals surface area contributed by atoms with Crippen LogP contribution in [-0.2, 0) is 4.79 Å². The van der Waals surface area contributed by atoms with Crippen LogP contribution in [0.4, 0.5) is 0 Å². The molecule has 0 aromatic heterocycles. The van der Waals surface area contributed by atoms with Gasteiger partial charge in [-0.15, -0.1) is 5.73 Å². The number of rotatable bonds is 6. The summed E-state index contributed by atoms with van der Waals surface area (Å²) in [5.74, 6) is 0.0873. The van der Waals surface area contributed by atoms with E-state index in [4.69, 9.17) is 4.99 Å². The number of aliphatic imine (C=N–C) groups is 1. The summed E-state index contributed by atoms with van der Waals surface area (Å²) < 4.78 is 0. The Hall–Kier alpha value is -2.87. The van der Waals surface area contributed by atoms with E-state index in [9.17, 15) is 4.79 Å². The number of hydrogen-bond acceptors (Lipinski definition) is 3. The zero-order valence-electron chi connectivity index (χ0n) is 15.4. The third-order valence-electron chi connectivity index (χ3n) is 4.05. The number of allylic oxidation sites excluding steroid dienone is 4. The molecule has 2 nitrogen and oxygen atoms in total. The molecule has 134 valence electrons. The van der Waals surface area contributed by atoms with Crippen LogP contribution in [-0.4, -0.2) is 16.7 Å². The molecule has 1 unspecified atom stereocenters. The summed E-state index contributed by atoms with van der Waals surface area (Å²) in [6, 6.07) is 20.2. The summed E-state index contributed by atoms with van der Waals surface area (Å²) in [6.45, 7) is 3.76. The first-order valence-electron chi connectivity index (χ1n) is 8.89. The predicted octanol–water partition coefficient (Wildman–Crippen LogP) is 5.84. The quantitative estimate of drug-likeness (QED) is 0.472. The summed E-state index contributed by atoms with van der Waals surface area (Å²) in [4.78, 5) is 17.0. The monoisotopic (exact) mass is 371 g/mol. The Morgan fingerprint density at radius 3 is 2.30 bits per heavy atom. The highest BCUT2D eigenvalue weighted by Gasteiger charge is 2.17. The number of thioether (sulfide) groups is 1. The Labute approximate surface area is 164 Å². The van der Waals surface area contributed by atoms with E-state index in [-0.39, 0.29) is 11.0 Å². The van der Waals surface area contributed by atoms with E-state index in [0.29, 0.717) is 0 Å². The fourth-order valence-corrected chi connectivity index (χ4v) is 3.55. The molecule has 1 aliphatic heterocycles. The highest BCUT2D eigenvalue weighted by atomic mass is 32.2. The molecule has 1 atom stereocenters. The first-order chi connectivity index (χ1) is 13.2. The normalized spacial score (nSPS) is 15.0. The Balaban J connectivity index is 2.00. The molecule has 3 rings (SSSR count). The molecule has 0 fully saturated rings. The second-order valence-corrected chi connectivity index (χ2v) is 7.41. The minimum absolute atomic E-state index is 0.0873. The lowest BCUT2D eigenvalue weighted by atomic mass is 9.96. The van der Waals surface area contributed by atoms with Crippen molar-refractivity contribution in [3.63, 3.8) is 0 Å². The number of nitrogens with zero attached hydrogens (tertiary/aromatic N) is 1. The molecule has 2 aromatic rings. The molecule has 0 saturated heterocycles. The summed E-state index contributed by atoms with van der Waals surface area (Å²) in [7, 11) is 0. The van der Waals surface area contributed by atoms with Crippen molar-refractivity contribution in [3.05, 3.63) is 107 Å². The van der Waals surface area contributed by atoms with Gasteiger partial charge in [0.1, 0.15) is 0 Å². The molecule has 0 radical (unpaired) electrons. The van der Waals surface area contributed by atoms with Gasteiger partial charge in [-0.05, 0) is 37.6 Å². The van der Waals surface area contributed by atoms with Gasteiger partial charge in [-0.1, -0.05) is 78.5 Å². The van der Waals surface area contributed by atoms with Gasteiger partial charge in [-0.3, -0.25) is 4.79 Å². The summed E-state index contributed by atoms with van der Waals surface area (Å²) in [5, 5.41) is 0.609. The Morgan fingerprint density at radius 2 is 1.67 bits per heavy atom. The Morgan fingerprint density at radius 1 is 1.04 bits per heavy atom. The minimum atomic E-state index is -0.195. The largest absolute Gasteiger partial charge is 0.294 e. The molecule has 0 N–H and O–H groups in total. The highest BCUT2D eigenvalue weighted by Crippen LogP contribution is 2.29. The number of hydrogen-bond donors (Lipinski definition) is 0. The topological polar surface area (TPSA) is 29.4 Å². The number of carbonyl (C=O) groups is 1. The molecule has 27 heavy (non-hydrogen) atoms. The average Bonchev–Trinajstić information content (AvgIpc) is 2.92. The van der Waals surface area contributed by atoms with Crippen LogP contribution in [0, 0.1) is 0 Å². The van der Waals surface area contributed by atoms with Crippen LogP contribution in [0.25, 0.3) is 5.57 Å². The lowest BCUT2D eigenvalue weighted by molar-refractivity contribution is -0.113. The van der Waals surface area contributed by atoms with Crippen molar-refractivity contribution in [2.75, 3.05) is 0 Å². The van der Waals surface area contributed by atoms with E-state index in [2.05, 4.69) is 17.9 Å². The molecule has 3 heteroatoms. The van der Waals surface area contributed by atoms with Crippen LogP contribution in [0.15, 0.2) is 101 Å². The zero-order chi connectivity index (χ0) is 19.1. The number of benzene rings is 2. The smallest absolute Gasteiger partial charge is 0.168 e. The molecule has 1 aliphatic rings. The van der Waals surface area contributed by atoms with Crippen LogP contribution >= 0.6 is 11.8 Å².